The van der Waals surface area contributed by atoms with Gasteiger partial charge in [0.1, 0.15) is 0 Å². The van der Waals surface area contributed by atoms with Gasteiger partial charge in [0.05, 0.1) is 0 Å². The number of hydrogen-bond acceptors (Lipinski definition) is 2. The third-order valence-electron chi connectivity index (χ3n) is 6.62. The van der Waals surface area contributed by atoms with Gasteiger partial charge in [0.25, 0.3) is 0 Å². The molecule has 2 fully saturated rings. The molecule has 3 unspecified atom stereocenters. The summed E-state index contributed by atoms with van der Waals surface area (Å²) >= 11 is 0. The van der Waals surface area contributed by atoms with Crippen LogP contribution in [0.15, 0.2) is 0 Å². The molecule has 0 aromatic rings. The van der Waals surface area contributed by atoms with E-state index in [1.165, 1.54) is 70.9 Å². The summed E-state index contributed by atoms with van der Waals surface area (Å²) in [5.74, 6) is 2.72. The minimum absolute atomic E-state index is 0.326. The van der Waals surface area contributed by atoms with Gasteiger partial charge in [-0.2, -0.15) is 0 Å². The maximum Gasteiger partial charge on any atom is 0.0331 e. The van der Waals surface area contributed by atoms with Gasteiger partial charge in [0.15, 0.2) is 0 Å². The number of rotatable bonds is 4. The van der Waals surface area contributed by atoms with Crippen molar-refractivity contribution in [1.29, 1.82) is 0 Å². The summed E-state index contributed by atoms with van der Waals surface area (Å²) in [7, 11) is 0. The molecule has 0 aromatic heterocycles. The van der Waals surface area contributed by atoms with E-state index in [0.29, 0.717) is 5.54 Å². The highest BCUT2D eigenvalue weighted by molar-refractivity contribution is 4.95. The lowest BCUT2D eigenvalue weighted by molar-refractivity contribution is 0.0786. The van der Waals surface area contributed by atoms with Crippen molar-refractivity contribution in [3.8, 4) is 0 Å². The standard InChI is InChI=1S/C19H38N2/c1-4-17-7-6-13-21(14-10-17)19(15-20)11-5-8-18(9-12-19)16(2)3/h16-18H,4-15,20H2,1-3H3. The first kappa shape index (κ1) is 17.3. The third kappa shape index (κ3) is 4.22. The molecule has 2 nitrogen and oxygen atoms in total. The van der Waals surface area contributed by atoms with Crippen LogP contribution in [0, 0.1) is 17.8 Å². The first-order valence-corrected chi connectivity index (χ1v) is 9.56. The summed E-state index contributed by atoms with van der Waals surface area (Å²) in [6.45, 7) is 10.6. The molecule has 0 radical (unpaired) electrons. The zero-order valence-electron chi connectivity index (χ0n) is 14.7. The van der Waals surface area contributed by atoms with E-state index in [1.807, 2.05) is 0 Å². The number of nitrogens with two attached hydrogens (primary N) is 1. The van der Waals surface area contributed by atoms with Gasteiger partial charge in [-0.05, 0) is 69.4 Å². The predicted molar refractivity (Wildman–Crippen MR) is 92.4 cm³/mol. The van der Waals surface area contributed by atoms with Crippen molar-refractivity contribution >= 4 is 0 Å². The molecule has 3 atom stereocenters. The van der Waals surface area contributed by atoms with Crippen LogP contribution in [0.3, 0.4) is 0 Å². The molecule has 124 valence electrons. The molecule has 0 aromatic carbocycles. The maximum absolute atomic E-state index is 6.34. The second kappa shape index (κ2) is 7.97. The van der Waals surface area contributed by atoms with Crippen molar-refractivity contribution < 1.29 is 0 Å². The minimum atomic E-state index is 0.326. The Morgan fingerprint density at radius 3 is 2.52 bits per heavy atom. The number of hydrogen-bond donors (Lipinski definition) is 1. The van der Waals surface area contributed by atoms with E-state index in [-0.39, 0.29) is 0 Å². The van der Waals surface area contributed by atoms with Gasteiger partial charge in [-0.25, -0.2) is 0 Å². The number of nitrogens with zero attached hydrogens (tertiary/aromatic N) is 1. The van der Waals surface area contributed by atoms with Crippen molar-refractivity contribution in [3.05, 3.63) is 0 Å². The van der Waals surface area contributed by atoms with Crippen molar-refractivity contribution in [2.24, 2.45) is 23.5 Å². The molecular formula is C19H38N2. The molecule has 2 heteroatoms. The Balaban J connectivity index is 2.03. The fourth-order valence-corrected chi connectivity index (χ4v) is 4.78. The van der Waals surface area contributed by atoms with Crippen LogP contribution in [-0.2, 0) is 0 Å². The zero-order valence-corrected chi connectivity index (χ0v) is 14.7. The molecule has 2 rings (SSSR count). The zero-order chi connectivity index (χ0) is 15.3. The molecule has 1 saturated carbocycles. The van der Waals surface area contributed by atoms with Gasteiger partial charge >= 0.3 is 0 Å². The van der Waals surface area contributed by atoms with Crippen LogP contribution in [0.5, 0.6) is 0 Å². The first-order valence-electron chi connectivity index (χ1n) is 9.56. The summed E-state index contributed by atoms with van der Waals surface area (Å²) in [5.41, 5.74) is 6.66. The van der Waals surface area contributed by atoms with Gasteiger partial charge in [-0.15, -0.1) is 0 Å². The highest BCUT2D eigenvalue weighted by Crippen LogP contribution is 2.38. The molecule has 1 aliphatic heterocycles. The van der Waals surface area contributed by atoms with Gasteiger partial charge in [-0.3, -0.25) is 4.90 Å². The lowest BCUT2D eigenvalue weighted by Gasteiger charge is -2.43. The third-order valence-corrected chi connectivity index (χ3v) is 6.62. The van der Waals surface area contributed by atoms with Crippen LogP contribution in [0.1, 0.15) is 78.6 Å². The van der Waals surface area contributed by atoms with Crippen molar-refractivity contribution in [2.45, 2.75) is 84.1 Å². The van der Waals surface area contributed by atoms with E-state index in [9.17, 15) is 0 Å². The van der Waals surface area contributed by atoms with Crippen molar-refractivity contribution in [1.82, 2.24) is 4.90 Å². The topological polar surface area (TPSA) is 29.3 Å². The Morgan fingerprint density at radius 1 is 1.05 bits per heavy atom. The Hall–Kier alpha value is -0.0800. The minimum Gasteiger partial charge on any atom is -0.329 e. The molecule has 1 heterocycles. The second-order valence-electron chi connectivity index (χ2n) is 8.06. The van der Waals surface area contributed by atoms with E-state index in [4.69, 9.17) is 5.73 Å². The summed E-state index contributed by atoms with van der Waals surface area (Å²) in [6, 6.07) is 0. The Morgan fingerprint density at radius 2 is 1.86 bits per heavy atom. The van der Waals surface area contributed by atoms with Crippen molar-refractivity contribution in [2.75, 3.05) is 19.6 Å². The van der Waals surface area contributed by atoms with Gasteiger partial charge in [0, 0.05) is 12.1 Å². The summed E-state index contributed by atoms with van der Waals surface area (Å²) in [4.78, 5) is 2.81. The first-order chi connectivity index (χ1) is 10.1. The van der Waals surface area contributed by atoms with Gasteiger partial charge in [0.2, 0.25) is 0 Å². The van der Waals surface area contributed by atoms with Crippen LogP contribution in [0.2, 0.25) is 0 Å². The molecular weight excluding hydrogens is 256 g/mol. The molecule has 21 heavy (non-hydrogen) atoms. The highest BCUT2D eigenvalue weighted by atomic mass is 15.2. The molecule has 1 aliphatic carbocycles. The van der Waals surface area contributed by atoms with Gasteiger partial charge in [-0.1, -0.05) is 40.0 Å². The molecule has 2 N–H and O–H groups in total. The summed E-state index contributed by atoms with van der Waals surface area (Å²) in [6.07, 6.45) is 12.4. The van der Waals surface area contributed by atoms with E-state index in [2.05, 4.69) is 25.7 Å². The van der Waals surface area contributed by atoms with Crippen LogP contribution in [0.25, 0.3) is 0 Å². The molecule has 0 amide bonds. The Labute approximate surface area is 132 Å². The number of likely N-dealkylation sites (tertiary alicyclic amines) is 1. The normalized spacial score (nSPS) is 36.4. The van der Waals surface area contributed by atoms with Crippen molar-refractivity contribution in [3.63, 3.8) is 0 Å². The van der Waals surface area contributed by atoms with Crippen LogP contribution in [0.4, 0.5) is 0 Å². The van der Waals surface area contributed by atoms with E-state index in [1.54, 1.807) is 0 Å². The van der Waals surface area contributed by atoms with E-state index >= 15 is 0 Å². The largest absolute Gasteiger partial charge is 0.329 e. The fraction of sp³-hybridized carbons (Fsp3) is 1.00. The van der Waals surface area contributed by atoms with E-state index in [0.717, 1.165) is 24.3 Å². The predicted octanol–water partition coefficient (Wildman–Crippen LogP) is 4.43. The van der Waals surface area contributed by atoms with Gasteiger partial charge < -0.3 is 5.73 Å². The fourth-order valence-electron chi connectivity index (χ4n) is 4.78. The van der Waals surface area contributed by atoms with Crippen LogP contribution in [-0.4, -0.2) is 30.1 Å². The molecule has 2 aliphatic rings. The Bertz CT molecular complexity index is 302. The lowest BCUT2D eigenvalue weighted by Crippen LogP contribution is -2.54. The molecule has 1 saturated heterocycles. The quantitative estimate of drug-likeness (QED) is 0.777. The average Bonchev–Trinajstić information content (AvgIpc) is 2.86. The van der Waals surface area contributed by atoms with Crippen LogP contribution < -0.4 is 5.73 Å². The lowest BCUT2D eigenvalue weighted by atomic mass is 9.85. The summed E-state index contributed by atoms with van der Waals surface area (Å²) in [5, 5.41) is 0. The second-order valence-corrected chi connectivity index (χ2v) is 8.06. The molecule has 0 spiro atoms. The van der Waals surface area contributed by atoms with E-state index < -0.39 is 0 Å². The van der Waals surface area contributed by atoms with Crippen LogP contribution >= 0.6 is 0 Å². The monoisotopic (exact) mass is 294 g/mol. The average molecular weight is 295 g/mol. The summed E-state index contributed by atoms with van der Waals surface area (Å²) < 4.78 is 0. The molecule has 0 bridgehead atoms. The highest BCUT2D eigenvalue weighted by Gasteiger charge is 2.38. The smallest absolute Gasteiger partial charge is 0.0331 e. The maximum atomic E-state index is 6.34. The SMILES string of the molecule is CCC1CCCN(C2(CN)CCCC(C(C)C)CC2)CC1. The Kier molecular flexibility index (Phi) is 6.55.